The van der Waals surface area contributed by atoms with E-state index in [1.807, 2.05) is 44.2 Å². The molecule has 7 heteroatoms. The van der Waals surface area contributed by atoms with Crippen LogP contribution >= 0.6 is 24.0 Å². The highest BCUT2D eigenvalue weighted by atomic mass is 32.2. The van der Waals surface area contributed by atoms with Gasteiger partial charge in [0.05, 0.1) is 16.2 Å². The number of aryl methyl sites for hydroxylation is 2. The first-order valence-electron chi connectivity index (χ1n) is 8.00. The summed E-state index contributed by atoms with van der Waals surface area (Å²) >= 11 is 6.54. The number of aromatic nitrogens is 1. The van der Waals surface area contributed by atoms with Crippen LogP contribution in [0.5, 0.6) is 5.75 Å². The van der Waals surface area contributed by atoms with Crippen molar-refractivity contribution >= 4 is 40.3 Å². The van der Waals surface area contributed by atoms with E-state index in [-0.39, 0.29) is 5.91 Å². The molecule has 0 spiro atoms. The van der Waals surface area contributed by atoms with E-state index in [1.165, 1.54) is 11.8 Å². The molecule has 0 radical (unpaired) electrons. The second kappa shape index (κ2) is 7.88. The maximum Gasteiger partial charge on any atom is 0.266 e. The van der Waals surface area contributed by atoms with Crippen molar-refractivity contribution in [3.63, 3.8) is 0 Å². The fraction of sp³-hybridized carbons (Fsp3) is 0.211. The van der Waals surface area contributed by atoms with Crippen molar-refractivity contribution in [3.05, 3.63) is 64.4 Å². The number of thiocarbonyl (C=S) groups is 1. The van der Waals surface area contributed by atoms with E-state index in [0.717, 1.165) is 28.3 Å². The summed E-state index contributed by atoms with van der Waals surface area (Å²) in [6.45, 7) is 8.24. The first-order valence-corrected chi connectivity index (χ1v) is 9.23. The molecule has 134 valence electrons. The number of ether oxygens (including phenoxy) is 1. The highest BCUT2D eigenvalue weighted by Crippen LogP contribution is 2.32. The minimum absolute atomic E-state index is 0.0846. The van der Waals surface area contributed by atoms with Crippen LogP contribution < -0.4 is 4.74 Å². The molecule has 0 aliphatic carbocycles. The molecule has 1 saturated heterocycles. The number of nitrogens with zero attached hydrogens (tertiary/aromatic N) is 2. The van der Waals surface area contributed by atoms with Gasteiger partial charge in [0.15, 0.2) is 0 Å². The van der Waals surface area contributed by atoms with E-state index in [0.29, 0.717) is 22.4 Å². The standard InChI is InChI=1S/C19H18N2O3S2/c1-4-9-21-18(22)17(26-19(21)25)10-14-5-7-15(8-6-14)23-11-16-12(2)20-24-13(16)3/h4-8,10H,1,9,11H2,2-3H3. The topological polar surface area (TPSA) is 55.6 Å². The summed E-state index contributed by atoms with van der Waals surface area (Å²) in [4.78, 5) is 14.5. The summed E-state index contributed by atoms with van der Waals surface area (Å²) in [7, 11) is 0. The number of amides is 1. The smallest absolute Gasteiger partial charge is 0.266 e. The van der Waals surface area contributed by atoms with Gasteiger partial charge in [-0.15, -0.1) is 6.58 Å². The maximum atomic E-state index is 12.3. The van der Waals surface area contributed by atoms with Crippen LogP contribution in [-0.4, -0.2) is 26.8 Å². The number of rotatable bonds is 6. The number of carbonyl (C=O) groups is 1. The monoisotopic (exact) mass is 386 g/mol. The van der Waals surface area contributed by atoms with Crippen LogP contribution in [0.2, 0.25) is 0 Å². The zero-order valence-electron chi connectivity index (χ0n) is 14.5. The van der Waals surface area contributed by atoms with Crippen LogP contribution in [-0.2, 0) is 11.4 Å². The van der Waals surface area contributed by atoms with Gasteiger partial charge in [0.2, 0.25) is 0 Å². The molecule has 1 aromatic heterocycles. The molecule has 2 heterocycles. The number of benzene rings is 1. The molecule has 0 atom stereocenters. The number of hydrogen-bond acceptors (Lipinski definition) is 6. The normalized spacial score (nSPS) is 15.8. The summed E-state index contributed by atoms with van der Waals surface area (Å²) in [6.07, 6.45) is 3.50. The molecule has 2 aromatic rings. The van der Waals surface area contributed by atoms with E-state index in [4.69, 9.17) is 21.5 Å². The first-order chi connectivity index (χ1) is 12.5. The Bertz CT molecular complexity index is 865. The zero-order valence-corrected chi connectivity index (χ0v) is 16.2. The summed E-state index contributed by atoms with van der Waals surface area (Å²) in [5.74, 6) is 1.42. The van der Waals surface area contributed by atoms with Crippen LogP contribution in [0.4, 0.5) is 0 Å². The van der Waals surface area contributed by atoms with Crippen molar-refractivity contribution in [2.24, 2.45) is 0 Å². The van der Waals surface area contributed by atoms with Crippen molar-refractivity contribution in [2.45, 2.75) is 20.5 Å². The van der Waals surface area contributed by atoms with E-state index in [2.05, 4.69) is 11.7 Å². The Morgan fingerprint density at radius 3 is 2.69 bits per heavy atom. The molecular weight excluding hydrogens is 368 g/mol. The second-order valence-corrected chi connectivity index (χ2v) is 7.42. The van der Waals surface area contributed by atoms with Crippen LogP contribution in [0.25, 0.3) is 6.08 Å². The van der Waals surface area contributed by atoms with Crippen LogP contribution in [0.1, 0.15) is 22.6 Å². The van der Waals surface area contributed by atoms with Gasteiger partial charge in [0.25, 0.3) is 5.91 Å². The zero-order chi connectivity index (χ0) is 18.7. The Balaban J connectivity index is 1.67. The summed E-state index contributed by atoms with van der Waals surface area (Å²) in [5.41, 5.74) is 2.70. The minimum Gasteiger partial charge on any atom is -0.489 e. The number of thioether (sulfide) groups is 1. The third-order valence-corrected chi connectivity index (χ3v) is 5.31. The molecule has 3 rings (SSSR count). The Labute approximate surface area is 161 Å². The maximum absolute atomic E-state index is 12.3. The van der Waals surface area contributed by atoms with Gasteiger partial charge in [0.1, 0.15) is 22.4 Å². The van der Waals surface area contributed by atoms with Gasteiger partial charge in [0, 0.05) is 6.54 Å². The predicted octanol–water partition coefficient (Wildman–Crippen LogP) is 4.26. The summed E-state index contributed by atoms with van der Waals surface area (Å²) in [6, 6.07) is 7.55. The fourth-order valence-electron chi connectivity index (χ4n) is 2.46. The quantitative estimate of drug-likeness (QED) is 0.420. The first kappa shape index (κ1) is 18.4. The third kappa shape index (κ3) is 3.89. The lowest BCUT2D eigenvalue weighted by molar-refractivity contribution is -0.121. The molecule has 0 N–H and O–H groups in total. The van der Waals surface area contributed by atoms with Gasteiger partial charge in [-0.25, -0.2) is 0 Å². The van der Waals surface area contributed by atoms with Crippen LogP contribution in [0.15, 0.2) is 46.3 Å². The van der Waals surface area contributed by atoms with E-state index in [9.17, 15) is 4.79 Å². The van der Waals surface area contributed by atoms with E-state index < -0.39 is 0 Å². The van der Waals surface area contributed by atoms with Crippen LogP contribution in [0, 0.1) is 13.8 Å². The minimum atomic E-state index is -0.0846. The van der Waals surface area contributed by atoms with Gasteiger partial charge in [-0.3, -0.25) is 9.69 Å². The van der Waals surface area contributed by atoms with Crippen LogP contribution in [0.3, 0.4) is 0 Å². The summed E-state index contributed by atoms with van der Waals surface area (Å²) in [5, 5.41) is 3.91. The average molecular weight is 386 g/mol. The van der Waals surface area contributed by atoms with Crippen molar-refractivity contribution in [2.75, 3.05) is 6.54 Å². The van der Waals surface area contributed by atoms with Crippen molar-refractivity contribution in [1.82, 2.24) is 10.1 Å². The highest BCUT2D eigenvalue weighted by molar-refractivity contribution is 8.26. The average Bonchev–Trinajstić information content (AvgIpc) is 3.08. The molecule has 1 fully saturated rings. The van der Waals surface area contributed by atoms with Crippen molar-refractivity contribution in [1.29, 1.82) is 0 Å². The second-order valence-electron chi connectivity index (χ2n) is 5.74. The lowest BCUT2D eigenvalue weighted by atomic mass is 10.2. The Morgan fingerprint density at radius 2 is 2.08 bits per heavy atom. The molecule has 0 bridgehead atoms. The molecule has 1 aromatic carbocycles. The number of hydrogen-bond donors (Lipinski definition) is 0. The molecule has 1 amide bonds. The molecule has 0 unspecified atom stereocenters. The number of carbonyl (C=O) groups excluding carboxylic acids is 1. The SMILES string of the molecule is C=CCN1C(=O)C(=Cc2ccc(OCc3c(C)noc3C)cc2)SC1=S. The van der Waals surface area contributed by atoms with Gasteiger partial charge >= 0.3 is 0 Å². The predicted molar refractivity (Wildman–Crippen MR) is 107 cm³/mol. The molecule has 1 aliphatic rings. The lowest BCUT2D eigenvalue weighted by Crippen LogP contribution is -2.27. The third-order valence-electron chi connectivity index (χ3n) is 3.93. The molecule has 5 nitrogen and oxygen atoms in total. The fourth-order valence-corrected chi connectivity index (χ4v) is 3.74. The summed E-state index contributed by atoms with van der Waals surface area (Å²) < 4.78 is 11.5. The molecular formula is C19H18N2O3S2. The lowest BCUT2D eigenvalue weighted by Gasteiger charge is -2.10. The van der Waals surface area contributed by atoms with Gasteiger partial charge in [-0.2, -0.15) is 0 Å². The van der Waals surface area contributed by atoms with E-state index >= 15 is 0 Å². The Hall–Kier alpha value is -2.38. The van der Waals surface area contributed by atoms with E-state index in [1.54, 1.807) is 11.0 Å². The van der Waals surface area contributed by atoms with Gasteiger partial charge in [-0.1, -0.05) is 47.3 Å². The van der Waals surface area contributed by atoms with Gasteiger partial charge in [-0.05, 0) is 37.6 Å². The molecule has 26 heavy (non-hydrogen) atoms. The Morgan fingerprint density at radius 1 is 1.35 bits per heavy atom. The van der Waals surface area contributed by atoms with Crippen molar-refractivity contribution < 1.29 is 14.1 Å². The van der Waals surface area contributed by atoms with Crippen molar-refractivity contribution in [3.8, 4) is 5.75 Å². The van der Waals surface area contributed by atoms with Gasteiger partial charge < -0.3 is 9.26 Å². The molecule has 0 saturated carbocycles. The Kier molecular flexibility index (Phi) is 5.58. The largest absolute Gasteiger partial charge is 0.489 e. The highest BCUT2D eigenvalue weighted by Gasteiger charge is 2.30. The molecule has 1 aliphatic heterocycles.